The molecule has 7 heteroatoms. The molecule has 2 amide bonds. The Labute approximate surface area is 117 Å². The van der Waals surface area contributed by atoms with Crippen molar-refractivity contribution in [1.29, 1.82) is 0 Å². The van der Waals surface area contributed by atoms with Crippen LogP contribution in [0.2, 0.25) is 0 Å². The molecule has 1 aliphatic heterocycles. The predicted molar refractivity (Wildman–Crippen MR) is 72.0 cm³/mol. The highest BCUT2D eigenvalue weighted by molar-refractivity contribution is 5.86. The summed E-state index contributed by atoms with van der Waals surface area (Å²) in [5, 5.41) is 2.57. The van der Waals surface area contributed by atoms with E-state index in [0.29, 0.717) is 13.2 Å². The van der Waals surface area contributed by atoms with Gasteiger partial charge in [0.15, 0.2) is 5.60 Å². The molecule has 0 aromatic carbocycles. The third-order valence-electron chi connectivity index (χ3n) is 3.56. The molecule has 0 spiro atoms. The maximum absolute atomic E-state index is 12.3. The minimum atomic E-state index is -0.980. The van der Waals surface area contributed by atoms with Crippen molar-refractivity contribution in [3.63, 3.8) is 0 Å². The second kappa shape index (κ2) is 5.62. The Balaban J connectivity index is 2.04. The van der Waals surface area contributed by atoms with Gasteiger partial charge in [0.05, 0.1) is 13.2 Å². The maximum atomic E-state index is 12.3. The van der Waals surface area contributed by atoms with Crippen molar-refractivity contribution in [2.45, 2.75) is 26.0 Å². The van der Waals surface area contributed by atoms with Gasteiger partial charge in [-0.3, -0.25) is 9.59 Å². The van der Waals surface area contributed by atoms with Crippen LogP contribution in [0.25, 0.3) is 0 Å². The first-order valence-electron chi connectivity index (χ1n) is 6.58. The summed E-state index contributed by atoms with van der Waals surface area (Å²) < 4.78 is 7.32. The first-order chi connectivity index (χ1) is 9.46. The Morgan fingerprint density at radius 2 is 2.30 bits per heavy atom. The third kappa shape index (κ3) is 2.82. The second-order valence-electron chi connectivity index (χ2n) is 5.08. The first-order valence-corrected chi connectivity index (χ1v) is 6.58. The molecule has 0 radical (unpaired) electrons. The predicted octanol–water partition coefficient (Wildman–Crippen LogP) is -0.445. The smallest absolute Gasteiger partial charge is 0.253 e. The van der Waals surface area contributed by atoms with E-state index in [1.165, 1.54) is 0 Å². The molecule has 1 N–H and O–H groups in total. The highest BCUT2D eigenvalue weighted by atomic mass is 16.5. The van der Waals surface area contributed by atoms with Crippen molar-refractivity contribution in [3.05, 3.63) is 18.2 Å². The SMILES string of the molecule is CNC(=O)[C@]1(C)CN(C(=O)Cn2ccnc2C)CCO1. The summed E-state index contributed by atoms with van der Waals surface area (Å²) in [6.45, 7) is 4.90. The maximum Gasteiger partial charge on any atom is 0.253 e. The molecular formula is C13H20N4O3. The molecule has 0 aliphatic carbocycles. The van der Waals surface area contributed by atoms with Crippen molar-refractivity contribution < 1.29 is 14.3 Å². The Kier molecular flexibility index (Phi) is 4.08. The van der Waals surface area contributed by atoms with Gasteiger partial charge in [-0.2, -0.15) is 0 Å². The molecule has 1 aromatic rings. The summed E-state index contributed by atoms with van der Waals surface area (Å²) in [5.41, 5.74) is -0.980. The van der Waals surface area contributed by atoms with Crippen LogP contribution in [0.4, 0.5) is 0 Å². The largest absolute Gasteiger partial charge is 0.362 e. The van der Waals surface area contributed by atoms with Crippen molar-refractivity contribution >= 4 is 11.8 Å². The fourth-order valence-corrected chi connectivity index (χ4v) is 2.30. The molecule has 0 saturated carbocycles. The number of ether oxygens (including phenoxy) is 1. The molecule has 1 saturated heterocycles. The zero-order chi connectivity index (χ0) is 14.8. The van der Waals surface area contributed by atoms with Gasteiger partial charge in [-0.25, -0.2) is 4.98 Å². The lowest BCUT2D eigenvalue weighted by Gasteiger charge is -2.39. The van der Waals surface area contributed by atoms with Gasteiger partial charge in [-0.15, -0.1) is 0 Å². The molecule has 1 aliphatic rings. The lowest BCUT2D eigenvalue weighted by Crippen LogP contribution is -2.59. The van der Waals surface area contributed by atoms with E-state index in [1.807, 2.05) is 6.92 Å². The van der Waals surface area contributed by atoms with Crippen LogP contribution < -0.4 is 5.32 Å². The lowest BCUT2D eigenvalue weighted by molar-refractivity contribution is -0.162. The third-order valence-corrected chi connectivity index (χ3v) is 3.56. The van der Waals surface area contributed by atoms with Crippen LogP contribution in [0.1, 0.15) is 12.7 Å². The van der Waals surface area contributed by atoms with Gasteiger partial charge in [0, 0.05) is 26.0 Å². The van der Waals surface area contributed by atoms with Crippen molar-refractivity contribution in [3.8, 4) is 0 Å². The lowest BCUT2D eigenvalue weighted by atomic mass is 10.0. The van der Waals surface area contributed by atoms with E-state index in [1.54, 1.807) is 35.8 Å². The number of aromatic nitrogens is 2. The number of rotatable bonds is 3. The molecule has 1 fully saturated rings. The van der Waals surface area contributed by atoms with Gasteiger partial charge in [-0.05, 0) is 13.8 Å². The number of hydrogen-bond donors (Lipinski definition) is 1. The minimum absolute atomic E-state index is 0.0375. The van der Waals surface area contributed by atoms with Crippen molar-refractivity contribution in [2.75, 3.05) is 26.7 Å². The van der Waals surface area contributed by atoms with Gasteiger partial charge in [0.25, 0.3) is 5.91 Å². The van der Waals surface area contributed by atoms with Crippen LogP contribution in [0.3, 0.4) is 0 Å². The van der Waals surface area contributed by atoms with E-state index in [9.17, 15) is 9.59 Å². The molecule has 0 bridgehead atoms. The van der Waals surface area contributed by atoms with E-state index in [-0.39, 0.29) is 24.9 Å². The number of imidazole rings is 1. The van der Waals surface area contributed by atoms with E-state index < -0.39 is 5.60 Å². The molecule has 110 valence electrons. The number of morpholine rings is 1. The summed E-state index contributed by atoms with van der Waals surface area (Å²) in [6.07, 6.45) is 3.43. The van der Waals surface area contributed by atoms with Crippen LogP contribution in [-0.2, 0) is 20.9 Å². The highest BCUT2D eigenvalue weighted by Gasteiger charge is 2.40. The summed E-state index contributed by atoms with van der Waals surface area (Å²) in [4.78, 5) is 29.9. The molecule has 2 heterocycles. The van der Waals surface area contributed by atoms with Gasteiger partial charge in [0.2, 0.25) is 5.91 Å². The van der Waals surface area contributed by atoms with Crippen LogP contribution in [0, 0.1) is 6.92 Å². The van der Waals surface area contributed by atoms with Crippen molar-refractivity contribution in [1.82, 2.24) is 19.8 Å². The summed E-state index contributed by atoms with van der Waals surface area (Å²) >= 11 is 0. The number of nitrogens with zero attached hydrogens (tertiary/aromatic N) is 3. The zero-order valence-electron chi connectivity index (χ0n) is 12.0. The number of nitrogens with one attached hydrogen (secondary N) is 1. The zero-order valence-corrected chi connectivity index (χ0v) is 12.0. The molecule has 20 heavy (non-hydrogen) atoms. The number of likely N-dealkylation sites (N-methyl/N-ethyl adjacent to an activating group) is 1. The van der Waals surface area contributed by atoms with E-state index in [2.05, 4.69) is 10.3 Å². The Bertz CT molecular complexity index is 513. The number of aryl methyl sites for hydroxylation is 1. The van der Waals surface area contributed by atoms with Gasteiger partial charge >= 0.3 is 0 Å². The van der Waals surface area contributed by atoms with Crippen LogP contribution >= 0.6 is 0 Å². The number of amides is 2. The highest BCUT2D eigenvalue weighted by Crippen LogP contribution is 2.18. The van der Waals surface area contributed by atoms with Crippen LogP contribution in [0.15, 0.2) is 12.4 Å². The monoisotopic (exact) mass is 280 g/mol. The molecule has 1 aromatic heterocycles. The number of hydrogen-bond acceptors (Lipinski definition) is 4. The summed E-state index contributed by atoms with van der Waals surface area (Å²) in [7, 11) is 1.56. The second-order valence-corrected chi connectivity index (χ2v) is 5.08. The Morgan fingerprint density at radius 3 is 2.90 bits per heavy atom. The average Bonchev–Trinajstić information content (AvgIpc) is 2.83. The Morgan fingerprint density at radius 1 is 1.55 bits per heavy atom. The fraction of sp³-hybridized carbons (Fsp3) is 0.615. The number of carbonyl (C=O) groups excluding carboxylic acids is 2. The summed E-state index contributed by atoms with van der Waals surface area (Å²) in [5.74, 6) is 0.541. The first kappa shape index (κ1) is 14.5. The van der Waals surface area contributed by atoms with Crippen molar-refractivity contribution in [2.24, 2.45) is 0 Å². The standard InChI is InChI=1S/C13H20N4O3/c1-10-15-4-5-16(10)8-11(18)17-6-7-20-13(2,9-17)12(19)14-3/h4-5H,6-9H2,1-3H3,(H,14,19)/t13-/m0/s1. The minimum Gasteiger partial charge on any atom is -0.362 e. The topological polar surface area (TPSA) is 76.5 Å². The quantitative estimate of drug-likeness (QED) is 0.814. The van der Waals surface area contributed by atoms with Gasteiger partial charge in [0.1, 0.15) is 12.4 Å². The van der Waals surface area contributed by atoms with Gasteiger partial charge < -0.3 is 19.5 Å². The normalized spacial score (nSPS) is 22.6. The van der Waals surface area contributed by atoms with E-state index in [4.69, 9.17) is 4.74 Å². The van der Waals surface area contributed by atoms with E-state index in [0.717, 1.165) is 5.82 Å². The Hall–Kier alpha value is -1.89. The van der Waals surface area contributed by atoms with Crippen LogP contribution in [-0.4, -0.2) is 58.6 Å². The molecule has 1 atom stereocenters. The fourth-order valence-electron chi connectivity index (χ4n) is 2.30. The number of carbonyl (C=O) groups is 2. The molecule has 7 nitrogen and oxygen atoms in total. The summed E-state index contributed by atoms with van der Waals surface area (Å²) in [6, 6.07) is 0. The van der Waals surface area contributed by atoms with E-state index >= 15 is 0 Å². The molecular weight excluding hydrogens is 260 g/mol. The molecule has 2 rings (SSSR count). The van der Waals surface area contributed by atoms with Crippen LogP contribution in [0.5, 0.6) is 0 Å². The molecule has 0 unspecified atom stereocenters. The van der Waals surface area contributed by atoms with Gasteiger partial charge in [-0.1, -0.05) is 0 Å². The average molecular weight is 280 g/mol.